The van der Waals surface area contributed by atoms with Gasteiger partial charge >= 0.3 is 6.18 Å². The first-order chi connectivity index (χ1) is 11.8. The van der Waals surface area contributed by atoms with Crippen molar-refractivity contribution in [2.45, 2.75) is 19.3 Å². The van der Waals surface area contributed by atoms with Gasteiger partial charge in [-0.3, -0.25) is 0 Å². The van der Waals surface area contributed by atoms with Crippen molar-refractivity contribution in [1.82, 2.24) is 0 Å². The molecule has 0 aliphatic heterocycles. The zero-order chi connectivity index (χ0) is 18.4. The fourth-order valence-electron chi connectivity index (χ4n) is 2.22. The number of anilines is 1. The van der Waals surface area contributed by atoms with E-state index in [9.17, 15) is 17.6 Å². The van der Waals surface area contributed by atoms with Gasteiger partial charge < -0.3 is 15.8 Å². The Bertz CT molecular complexity index is 766. The molecular weight excluding hydrogens is 465 g/mol. The van der Waals surface area contributed by atoms with Gasteiger partial charge in [-0.05, 0) is 23.8 Å². The van der Waals surface area contributed by atoms with E-state index in [1.54, 1.807) is 19.2 Å². The molecule has 0 saturated heterocycles. The van der Waals surface area contributed by atoms with E-state index >= 15 is 0 Å². The Morgan fingerprint density at radius 1 is 1.15 bits per heavy atom. The standard InChI is InChI=1S/C17H17F4N3O.HI/c1-25-10-12-4-2-3-5-15(12)24-16(22)23-9-11-6-7-13(18)8-14(11)17(19,20)21;/h2-8H,9-10H2,1H3,(H3,22,23,24);1H. The number of benzene rings is 2. The molecule has 0 bridgehead atoms. The third kappa shape index (κ3) is 6.13. The summed E-state index contributed by atoms with van der Waals surface area (Å²) in [7, 11) is 1.54. The minimum Gasteiger partial charge on any atom is -0.380 e. The summed E-state index contributed by atoms with van der Waals surface area (Å²) in [5.41, 5.74) is 5.98. The highest BCUT2D eigenvalue weighted by Gasteiger charge is 2.33. The molecule has 2 aromatic carbocycles. The monoisotopic (exact) mass is 483 g/mol. The van der Waals surface area contributed by atoms with Crippen molar-refractivity contribution in [3.63, 3.8) is 0 Å². The number of hydrogen-bond donors (Lipinski definition) is 2. The Kier molecular flexibility index (Phi) is 8.28. The number of rotatable bonds is 5. The van der Waals surface area contributed by atoms with Crippen LogP contribution in [0.4, 0.5) is 23.2 Å². The van der Waals surface area contributed by atoms with Crippen molar-refractivity contribution >= 4 is 35.6 Å². The first-order valence-corrected chi connectivity index (χ1v) is 7.30. The summed E-state index contributed by atoms with van der Waals surface area (Å²) in [5, 5.41) is 2.83. The minimum atomic E-state index is -4.67. The van der Waals surface area contributed by atoms with Crippen molar-refractivity contribution in [3.8, 4) is 0 Å². The molecule has 0 fully saturated rings. The van der Waals surface area contributed by atoms with Crippen LogP contribution < -0.4 is 11.1 Å². The lowest BCUT2D eigenvalue weighted by Crippen LogP contribution is -2.23. The van der Waals surface area contributed by atoms with Crippen LogP contribution in [0.1, 0.15) is 16.7 Å². The second-order valence-corrected chi connectivity index (χ2v) is 5.22. The summed E-state index contributed by atoms with van der Waals surface area (Å²) >= 11 is 0. The van der Waals surface area contributed by atoms with Gasteiger partial charge in [-0.2, -0.15) is 13.2 Å². The molecule has 2 rings (SSSR count). The van der Waals surface area contributed by atoms with E-state index in [-0.39, 0.29) is 42.0 Å². The number of nitrogens with one attached hydrogen (secondary N) is 1. The molecule has 0 unspecified atom stereocenters. The highest BCUT2D eigenvalue weighted by atomic mass is 127. The molecule has 0 heterocycles. The average molecular weight is 483 g/mol. The fourth-order valence-corrected chi connectivity index (χ4v) is 2.22. The number of hydrogen-bond acceptors (Lipinski definition) is 2. The van der Waals surface area contributed by atoms with E-state index in [1.165, 1.54) is 0 Å². The van der Waals surface area contributed by atoms with Gasteiger partial charge in [0.1, 0.15) is 5.82 Å². The zero-order valence-electron chi connectivity index (χ0n) is 13.8. The molecule has 0 spiro atoms. The van der Waals surface area contributed by atoms with Crippen LogP contribution in [0, 0.1) is 5.82 Å². The lowest BCUT2D eigenvalue weighted by Gasteiger charge is -2.13. The number of aliphatic imine (C=N–C) groups is 1. The molecule has 9 heteroatoms. The number of halogens is 5. The van der Waals surface area contributed by atoms with Crippen LogP contribution in [0.25, 0.3) is 0 Å². The quantitative estimate of drug-likeness (QED) is 0.284. The van der Waals surface area contributed by atoms with Gasteiger partial charge in [-0.1, -0.05) is 24.3 Å². The summed E-state index contributed by atoms with van der Waals surface area (Å²) in [6.45, 7) is 0.00698. The number of alkyl halides is 3. The van der Waals surface area contributed by atoms with E-state index < -0.39 is 17.6 Å². The molecule has 4 nitrogen and oxygen atoms in total. The first kappa shape index (κ1) is 22.2. The minimum absolute atomic E-state index is 0. The highest BCUT2D eigenvalue weighted by molar-refractivity contribution is 14.0. The molecule has 0 aromatic heterocycles. The Balaban J connectivity index is 0.00000338. The number of nitrogens with zero attached hydrogens (tertiary/aromatic N) is 1. The maximum atomic E-state index is 13.1. The van der Waals surface area contributed by atoms with E-state index in [0.29, 0.717) is 18.4 Å². The van der Waals surface area contributed by atoms with Crippen LogP contribution >= 0.6 is 24.0 Å². The Morgan fingerprint density at radius 2 is 1.85 bits per heavy atom. The molecular formula is C17H18F4IN3O. The fraction of sp³-hybridized carbons (Fsp3) is 0.235. The number of methoxy groups -OCH3 is 1. The lowest BCUT2D eigenvalue weighted by atomic mass is 10.1. The van der Waals surface area contributed by atoms with Crippen molar-refractivity contribution in [2.75, 3.05) is 12.4 Å². The molecule has 142 valence electrons. The Labute approximate surface area is 165 Å². The number of nitrogens with two attached hydrogens (primary N) is 1. The number of para-hydroxylation sites is 1. The predicted octanol–water partition coefficient (Wildman–Crippen LogP) is 4.54. The summed E-state index contributed by atoms with van der Waals surface area (Å²) in [5.74, 6) is -1.01. The molecule has 2 aromatic rings. The molecule has 0 aliphatic rings. The number of guanidine groups is 1. The number of ether oxygens (including phenoxy) is 1. The summed E-state index contributed by atoms with van der Waals surface area (Å²) < 4.78 is 57.0. The molecule has 0 aliphatic carbocycles. The van der Waals surface area contributed by atoms with Crippen LogP contribution in [0.15, 0.2) is 47.5 Å². The highest BCUT2D eigenvalue weighted by Crippen LogP contribution is 2.32. The van der Waals surface area contributed by atoms with Crippen LogP contribution in [-0.2, 0) is 24.1 Å². The maximum Gasteiger partial charge on any atom is 0.416 e. The average Bonchev–Trinajstić information content (AvgIpc) is 2.55. The van der Waals surface area contributed by atoms with Crippen molar-refractivity contribution in [1.29, 1.82) is 0 Å². The molecule has 0 amide bonds. The SMILES string of the molecule is COCc1ccccc1NC(N)=NCc1ccc(F)cc1C(F)(F)F.I. The molecule has 3 N–H and O–H groups in total. The molecule has 26 heavy (non-hydrogen) atoms. The van der Waals surface area contributed by atoms with E-state index in [4.69, 9.17) is 10.5 Å². The van der Waals surface area contributed by atoms with Gasteiger partial charge in [0.15, 0.2) is 5.96 Å². The van der Waals surface area contributed by atoms with Crippen molar-refractivity contribution in [2.24, 2.45) is 10.7 Å². The smallest absolute Gasteiger partial charge is 0.380 e. The van der Waals surface area contributed by atoms with Gasteiger partial charge in [0.05, 0.1) is 18.7 Å². The maximum absolute atomic E-state index is 13.1. The third-order valence-corrected chi connectivity index (χ3v) is 3.38. The molecule has 0 saturated carbocycles. The van der Waals surface area contributed by atoms with E-state index in [1.807, 2.05) is 12.1 Å². The second kappa shape index (κ2) is 9.72. The van der Waals surface area contributed by atoms with Crippen LogP contribution in [0.3, 0.4) is 0 Å². The molecule has 0 atom stereocenters. The van der Waals surface area contributed by atoms with E-state index in [2.05, 4.69) is 10.3 Å². The molecule has 0 radical (unpaired) electrons. The van der Waals surface area contributed by atoms with Gasteiger partial charge in [-0.25, -0.2) is 9.38 Å². The van der Waals surface area contributed by atoms with Gasteiger partial charge in [-0.15, -0.1) is 24.0 Å². The van der Waals surface area contributed by atoms with E-state index in [0.717, 1.165) is 17.7 Å². The van der Waals surface area contributed by atoms with Crippen molar-refractivity contribution < 1.29 is 22.3 Å². The third-order valence-electron chi connectivity index (χ3n) is 3.38. The summed E-state index contributed by atoms with van der Waals surface area (Å²) in [4.78, 5) is 3.91. The van der Waals surface area contributed by atoms with Crippen LogP contribution in [0.5, 0.6) is 0 Å². The van der Waals surface area contributed by atoms with Crippen LogP contribution in [0.2, 0.25) is 0 Å². The topological polar surface area (TPSA) is 59.6 Å². The zero-order valence-corrected chi connectivity index (χ0v) is 16.1. The van der Waals surface area contributed by atoms with Crippen molar-refractivity contribution in [3.05, 3.63) is 65.0 Å². The largest absolute Gasteiger partial charge is 0.416 e. The van der Waals surface area contributed by atoms with Gasteiger partial charge in [0, 0.05) is 18.4 Å². The van der Waals surface area contributed by atoms with Crippen LogP contribution in [-0.4, -0.2) is 13.1 Å². The Morgan fingerprint density at radius 3 is 2.50 bits per heavy atom. The van der Waals surface area contributed by atoms with Gasteiger partial charge in [0.25, 0.3) is 0 Å². The normalized spacial score (nSPS) is 11.8. The second-order valence-electron chi connectivity index (χ2n) is 5.22. The predicted molar refractivity (Wildman–Crippen MR) is 103 cm³/mol. The van der Waals surface area contributed by atoms with Gasteiger partial charge in [0.2, 0.25) is 0 Å². The Hall–Kier alpha value is -1.88. The first-order valence-electron chi connectivity index (χ1n) is 7.30. The summed E-state index contributed by atoms with van der Waals surface area (Å²) in [6.07, 6.45) is -4.67. The summed E-state index contributed by atoms with van der Waals surface area (Å²) in [6, 6.07) is 9.61. The lowest BCUT2D eigenvalue weighted by molar-refractivity contribution is -0.138.